The molecule has 0 radical (unpaired) electrons. The molecule has 0 N–H and O–H groups in total. The van der Waals surface area contributed by atoms with Crippen LogP contribution in [0.25, 0.3) is 0 Å². The van der Waals surface area contributed by atoms with Crippen LogP contribution < -0.4 is 4.74 Å². The average molecular weight is 381 g/mol. The van der Waals surface area contributed by atoms with Gasteiger partial charge in [-0.1, -0.05) is 12.1 Å². The summed E-state index contributed by atoms with van der Waals surface area (Å²) in [5, 5.41) is 0. The summed E-state index contributed by atoms with van der Waals surface area (Å²) < 4.78 is 39.8. The Morgan fingerprint density at radius 2 is 1.73 bits per heavy atom. The van der Waals surface area contributed by atoms with E-state index >= 15 is 0 Å². The fourth-order valence-corrected chi connectivity index (χ4v) is 6.33. The number of hydrogen-bond donors (Lipinski definition) is 0. The first kappa shape index (κ1) is 18.2. The number of rotatable bonds is 4. The molecule has 3 saturated heterocycles. The van der Waals surface area contributed by atoms with E-state index in [1.165, 1.54) is 5.56 Å². The van der Waals surface area contributed by atoms with E-state index in [0.29, 0.717) is 51.2 Å². The highest BCUT2D eigenvalue weighted by atomic mass is 32.2. The molecule has 26 heavy (non-hydrogen) atoms. The molecule has 0 spiro atoms. The van der Waals surface area contributed by atoms with Crippen molar-refractivity contribution in [3.8, 4) is 5.75 Å². The first-order valence-corrected chi connectivity index (χ1v) is 10.6. The number of ether oxygens (including phenoxy) is 2. The second kappa shape index (κ2) is 7.09. The molecule has 0 aromatic heterocycles. The lowest BCUT2D eigenvalue weighted by molar-refractivity contribution is 0.0703. The molecular formula is C18H27N3O4S. The SMILES string of the molecule is COc1ccc([C@H]2[C@@H]3CN(S(=O)(=O)N4CCOCC4)C[C@@H]3CN2C)cc1. The predicted molar refractivity (Wildman–Crippen MR) is 98.2 cm³/mol. The van der Waals surface area contributed by atoms with E-state index < -0.39 is 10.2 Å². The van der Waals surface area contributed by atoms with E-state index in [-0.39, 0.29) is 6.04 Å². The van der Waals surface area contributed by atoms with Crippen LogP contribution in [0.3, 0.4) is 0 Å². The Labute approximate surface area is 155 Å². The first-order chi connectivity index (χ1) is 12.5. The summed E-state index contributed by atoms with van der Waals surface area (Å²) in [6, 6.07) is 8.40. The molecular weight excluding hydrogens is 354 g/mol. The van der Waals surface area contributed by atoms with Gasteiger partial charge in [0, 0.05) is 38.8 Å². The fraction of sp³-hybridized carbons (Fsp3) is 0.667. The third-order valence-corrected chi connectivity index (χ3v) is 7.91. The Kier molecular flexibility index (Phi) is 4.96. The number of morpholine rings is 1. The summed E-state index contributed by atoms with van der Waals surface area (Å²) in [5.74, 6) is 1.54. The lowest BCUT2D eigenvalue weighted by Gasteiger charge is -2.31. The van der Waals surface area contributed by atoms with Crippen molar-refractivity contribution in [1.29, 1.82) is 0 Å². The molecule has 7 nitrogen and oxygen atoms in total. The molecule has 0 unspecified atom stereocenters. The minimum atomic E-state index is -3.39. The van der Waals surface area contributed by atoms with Crippen molar-refractivity contribution in [2.75, 3.05) is 60.1 Å². The van der Waals surface area contributed by atoms with Gasteiger partial charge in [-0.25, -0.2) is 0 Å². The quantitative estimate of drug-likeness (QED) is 0.772. The second-order valence-electron chi connectivity index (χ2n) is 7.42. The highest BCUT2D eigenvalue weighted by Crippen LogP contribution is 2.45. The molecule has 3 fully saturated rings. The van der Waals surface area contributed by atoms with Crippen LogP contribution in [-0.2, 0) is 14.9 Å². The maximum absolute atomic E-state index is 13.0. The third-order valence-electron chi connectivity index (χ3n) is 5.94. The van der Waals surface area contributed by atoms with Crippen LogP contribution in [0.15, 0.2) is 24.3 Å². The smallest absolute Gasteiger partial charge is 0.282 e. The highest BCUT2D eigenvalue weighted by molar-refractivity contribution is 7.86. The number of likely N-dealkylation sites (tertiary alicyclic amines) is 1. The molecule has 1 aromatic rings. The Balaban J connectivity index is 1.52. The number of benzene rings is 1. The van der Waals surface area contributed by atoms with Gasteiger partial charge in [0.15, 0.2) is 0 Å². The molecule has 1 aromatic carbocycles. The Bertz CT molecular complexity index is 733. The molecule has 4 rings (SSSR count). The van der Waals surface area contributed by atoms with Crippen molar-refractivity contribution >= 4 is 10.2 Å². The van der Waals surface area contributed by atoms with Gasteiger partial charge in [0.25, 0.3) is 10.2 Å². The molecule has 3 heterocycles. The Morgan fingerprint density at radius 1 is 1.04 bits per heavy atom. The van der Waals surface area contributed by atoms with Crippen molar-refractivity contribution in [2.45, 2.75) is 6.04 Å². The summed E-state index contributed by atoms with van der Waals surface area (Å²) in [6.45, 7) is 4.00. The average Bonchev–Trinajstić information content (AvgIpc) is 3.20. The Morgan fingerprint density at radius 3 is 2.38 bits per heavy atom. The van der Waals surface area contributed by atoms with Crippen LogP contribution >= 0.6 is 0 Å². The predicted octanol–water partition coefficient (Wildman–Crippen LogP) is 0.807. The van der Waals surface area contributed by atoms with E-state index in [1.54, 1.807) is 15.7 Å². The summed E-state index contributed by atoms with van der Waals surface area (Å²) in [4.78, 5) is 2.36. The van der Waals surface area contributed by atoms with E-state index in [9.17, 15) is 8.42 Å². The number of fused-ring (bicyclic) bond motifs is 1. The van der Waals surface area contributed by atoms with Gasteiger partial charge in [0.1, 0.15) is 5.75 Å². The van der Waals surface area contributed by atoms with Gasteiger partial charge >= 0.3 is 0 Å². The zero-order chi connectivity index (χ0) is 18.3. The lowest BCUT2D eigenvalue weighted by Crippen LogP contribution is -2.48. The largest absolute Gasteiger partial charge is 0.497 e. The lowest BCUT2D eigenvalue weighted by atomic mass is 9.89. The third kappa shape index (κ3) is 3.14. The Hall–Kier alpha value is -1.19. The molecule has 0 amide bonds. The molecule has 3 aliphatic heterocycles. The van der Waals surface area contributed by atoms with E-state index in [0.717, 1.165) is 12.3 Å². The minimum absolute atomic E-state index is 0.246. The standard InChI is InChI=1S/C18H27N3O4S/c1-19-11-15-12-21(26(22,23)20-7-9-25-10-8-20)13-17(15)18(19)14-3-5-16(24-2)6-4-14/h3-6,15,17-18H,7-13H2,1-2H3/t15-,17+,18-/m0/s1. The zero-order valence-corrected chi connectivity index (χ0v) is 16.2. The number of methoxy groups -OCH3 is 1. The molecule has 144 valence electrons. The van der Waals surface area contributed by atoms with Crippen LogP contribution in [-0.4, -0.2) is 82.0 Å². The molecule has 3 atom stereocenters. The van der Waals surface area contributed by atoms with Crippen LogP contribution in [0.1, 0.15) is 11.6 Å². The number of hydrogen-bond acceptors (Lipinski definition) is 5. The summed E-state index contributed by atoms with van der Waals surface area (Å²) in [5.41, 5.74) is 1.23. The molecule has 3 aliphatic rings. The van der Waals surface area contributed by atoms with Crippen molar-refractivity contribution in [3.63, 3.8) is 0 Å². The monoisotopic (exact) mass is 381 g/mol. The van der Waals surface area contributed by atoms with Gasteiger partial charge < -0.3 is 9.47 Å². The van der Waals surface area contributed by atoms with E-state index in [1.807, 2.05) is 12.1 Å². The first-order valence-electron chi connectivity index (χ1n) is 9.18. The van der Waals surface area contributed by atoms with Gasteiger partial charge in [0.05, 0.1) is 20.3 Å². The second-order valence-corrected chi connectivity index (χ2v) is 9.35. The summed E-state index contributed by atoms with van der Waals surface area (Å²) in [7, 11) is 0.408. The van der Waals surface area contributed by atoms with Gasteiger partial charge in [-0.05, 0) is 36.6 Å². The highest BCUT2D eigenvalue weighted by Gasteiger charge is 2.49. The topological polar surface area (TPSA) is 62.3 Å². The molecule has 0 aliphatic carbocycles. The van der Waals surface area contributed by atoms with Gasteiger partial charge in [-0.2, -0.15) is 17.0 Å². The maximum atomic E-state index is 13.0. The maximum Gasteiger partial charge on any atom is 0.282 e. The molecule has 0 saturated carbocycles. The minimum Gasteiger partial charge on any atom is -0.497 e. The molecule has 8 heteroatoms. The van der Waals surface area contributed by atoms with E-state index in [4.69, 9.17) is 9.47 Å². The zero-order valence-electron chi connectivity index (χ0n) is 15.4. The summed E-state index contributed by atoms with van der Waals surface area (Å²) in [6.07, 6.45) is 0. The van der Waals surface area contributed by atoms with Crippen LogP contribution in [0, 0.1) is 11.8 Å². The number of nitrogens with zero attached hydrogens (tertiary/aromatic N) is 3. The van der Waals surface area contributed by atoms with Crippen LogP contribution in [0.4, 0.5) is 0 Å². The van der Waals surface area contributed by atoms with Crippen LogP contribution in [0.2, 0.25) is 0 Å². The van der Waals surface area contributed by atoms with E-state index in [2.05, 4.69) is 24.1 Å². The van der Waals surface area contributed by atoms with Crippen molar-refractivity contribution in [1.82, 2.24) is 13.5 Å². The van der Waals surface area contributed by atoms with Crippen molar-refractivity contribution < 1.29 is 17.9 Å². The summed E-state index contributed by atoms with van der Waals surface area (Å²) >= 11 is 0. The van der Waals surface area contributed by atoms with Gasteiger partial charge in [0.2, 0.25) is 0 Å². The van der Waals surface area contributed by atoms with Gasteiger partial charge in [-0.3, -0.25) is 4.90 Å². The normalized spacial score (nSPS) is 31.2. The fourth-order valence-electron chi connectivity index (χ4n) is 4.65. The van der Waals surface area contributed by atoms with Crippen molar-refractivity contribution in [2.24, 2.45) is 11.8 Å². The van der Waals surface area contributed by atoms with Crippen LogP contribution in [0.5, 0.6) is 5.75 Å². The van der Waals surface area contributed by atoms with Crippen molar-refractivity contribution in [3.05, 3.63) is 29.8 Å². The molecule has 0 bridgehead atoms. The van der Waals surface area contributed by atoms with Gasteiger partial charge in [-0.15, -0.1) is 0 Å².